The van der Waals surface area contributed by atoms with E-state index in [1.807, 2.05) is 11.7 Å². The third-order valence-corrected chi connectivity index (χ3v) is 5.50. The number of piperidine rings is 1. The van der Waals surface area contributed by atoms with Crippen LogP contribution in [0.1, 0.15) is 57.6 Å². The number of hydrogen-bond donors (Lipinski definition) is 1. The van der Waals surface area contributed by atoms with E-state index in [0.29, 0.717) is 5.41 Å². The molecule has 2 aliphatic rings. The maximum absolute atomic E-state index is 6.29. The predicted octanol–water partition coefficient (Wildman–Crippen LogP) is 3.12. The highest BCUT2D eigenvalue weighted by molar-refractivity contribution is 5.66. The van der Waals surface area contributed by atoms with Gasteiger partial charge in [-0.3, -0.25) is 4.68 Å². The minimum atomic E-state index is 0.649. The fraction of sp³-hybridized carbons (Fsp3) is 0.812. The molecule has 2 heterocycles. The number of nitrogens with two attached hydrogens (primary N) is 1. The van der Waals surface area contributed by atoms with Gasteiger partial charge in [-0.25, -0.2) is 0 Å². The number of rotatable bonds is 2. The van der Waals surface area contributed by atoms with Crippen LogP contribution in [0.3, 0.4) is 0 Å². The lowest BCUT2D eigenvalue weighted by atomic mass is 9.68. The van der Waals surface area contributed by atoms with Crippen LogP contribution in [-0.4, -0.2) is 22.9 Å². The maximum atomic E-state index is 6.29. The lowest BCUT2D eigenvalue weighted by Gasteiger charge is -2.45. The maximum Gasteiger partial charge on any atom is 0.150 e. The molecule has 0 unspecified atom stereocenters. The van der Waals surface area contributed by atoms with Crippen LogP contribution in [0.2, 0.25) is 0 Å². The second kappa shape index (κ2) is 5.30. The van der Waals surface area contributed by atoms with Gasteiger partial charge in [-0.05, 0) is 37.5 Å². The number of nitrogen functional groups attached to an aromatic ring is 1. The first-order valence-corrected chi connectivity index (χ1v) is 8.21. The van der Waals surface area contributed by atoms with Gasteiger partial charge in [0.2, 0.25) is 0 Å². The molecule has 4 heteroatoms. The Bertz CT molecular complexity index is 461. The summed E-state index contributed by atoms with van der Waals surface area (Å²) in [6, 6.07) is 0. The smallest absolute Gasteiger partial charge is 0.150 e. The molecular formula is C16H28N4. The van der Waals surface area contributed by atoms with E-state index in [1.165, 1.54) is 44.9 Å². The second-order valence-electron chi connectivity index (χ2n) is 6.71. The molecule has 1 saturated heterocycles. The Morgan fingerprint density at radius 1 is 1.10 bits per heavy atom. The molecule has 0 bridgehead atoms. The van der Waals surface area contributed by atoms with E-state index in [1.54, 1.807) is 0 Å². The normalized spacial score (nSPS) is 22.4. The van der Waals surface area contributed by atoms with Gasteiger partial charge in [0.1, 0.15) is 5.82 Å². The molecule has 1 aromatic heterocycles. The number of anilines is 2. The summed E-state index contributed by atoms with van der Waals surface area (Å²) in [7, 11) is 2.02. The molecule has 20 heavy (non-hydrogen) atoms. The molecule has 112 valence electrons. The van der Waals surface area contributed by atoms with E-state index >= 15 is 0 Å². The largest absolute Gasteiger partial charge is 0.394 e. The van der Waals surface area contributed by atoms with Crippen LogP contribution in [0.15, 0.2) is 0 Å². The topological polar surface area (TPSA) is 47.1 Å². The van der Waals surface area contributed by atoms with Gasteiger partial charge in [0.25, 0.3) is 0 Å². The number of aromatic nitrogens is 2. The quantitative estimate of drug-likeness (QED) is 0.903. The zero-order valence-electron chi connectivity index (χ0n) is 13.0. The molecule has 2 fully saturated rings. The van der Waals surface area contributed by atoms with E-state index in [2.05, 4.69) is 16.9 Å². The summed E-state index contributed by atoms with van der Waals surface area (Å²) in [6.45, 7) is 4.41. The summed E-state index contributed by atoms with van der Waals surface area (Å²) in [5.41, 5.74) is 8.88. The van der Waals surface area contributed by atoms with E-state index in [0.717, 1.165) is 36.7 Å². The minimum Gasteiger partial charge on any atom is -0.394 e. The molecular weight excluding hydrogens is 248 g/mol. The van der Waals surface area contributed by atoms with Gasteiger partial charge in [0, 0.05) is 20.1 Å². The van der Waals surface area contributed by atoms with Gasteiger partial charge in [-0.1, -0.05) is 26.2 Å². The van der Waals surface area contributed by atoms with Gasteiger partial charge in [-0.2, -0.15) is 5.10 Å². The van der Waals surface area contributed by atoms with Gasteiger partial charge in [0.05, 0.1) is 11.4 Å². The van der Waals surface area contributed by atoms with Gasteiger partial charge in [-0.15, -0.1) is 0 Å². The lowest BCUT2D eigenvalue weighted by Crippen LogP contribution is -2.42. The predicted molar refractivity (Wildman–Crippen MR) is 84.0 cm³/mol. The van der Waals surface area contributed by atoms with Crippen molar-refractivity contribution in [2.24, 2.45) is 12.5 Å². The van der Waals surface area contributed by atoms with Crippen molar-refractivity contribution >= 4 is 11.5 Å². The minimum absolute atomic E-state index is 0.649. The Balaban J connectivity index is 1.73. The Hall–Kier alpha value is -1.19. The van der Waals surface area contributed by atoms with Crippen molar-refractivity contribution in [2.45, 2.75) is 58.3 Å². The number of hydrogen-bond acceptors (Lipinski definition) is 3. The van der Waals surface area contributed by atoms with Crippen LogP contribution in [-0.2, 0) is 13.5 Å². The molecule has 0 amide bonds. The summed E-state index contributed by atoms with van der Waals surface area (Å²) in [4.78, 5) is 2.46. The van der Waals surface area contributed by atoms with Crippen molar-refractivity contribution in [1.29, 1.82) is 0 Å². The van der Waals surface area contributed by atoms with Crippen LogP contribution >= 0.6 is 0 Å². The molecule has 3 rings (SSSR count). The van der Waals surface area contributed by atoms with Crippen molar-refractivity contribution in [3.63, 3.8) is 0 Å². The van der Waals surface area contributed by atoms with Crippen molar-refractivity contribution in [2.75, 3.05) is 23.7 Å². The molecule has 1 spiro atoms. The average Bonchev–Trinajstić information content (AvgIpc) is 2.76. The Morgan fingerprint density at radius 3 is 2.30 bits per heavy atom. The fourth-order valence-corrected chi connectivity index (χ4v) is 4.22. The first kappa shape index (κ1) is 13.8. The molecule has 1 aliphatic carbocycles. The van der Waals surface area contributed by atoms with Gasteiger partial charge >= 0.3 is 0 Å². The van der Waals surface area contributed by atoms with Crippen molar-refractivity contribution in [3.05, 3.63) is 5.69 Å². The Labute approximate surface area is 122 Å². The molecule has 1 saturated carbocycles. The molecule has 0 aromatic carbocycles. The first-order chi connectivity index (χ1) is 9.65. The van der Waals surface area contributed by atoms with Gasteiger partial charge < -0.3 is 10.6 Å². The molecule has 0 radical (unpaired) electrons. The van der Waals surface area contributed by atoms with Crippen LogP contribution in [0.4, 0.5) is 11.5 Å². The second-order valence-corrected chi connectivity index (χ2v) is 6.71. The van der Waals surface area contributed by atoms with E-state index in [9.17, 15) is 0 Å². The summed E-state index contributed by atoms with van der Waals surface area (Å²) >= 11 is 0. The zero-order chi connectivity index (χ0) is 14.2. The fourth-order valence-electron chi connectivity index (χ4n) is 4.22. The summed E-state index contributed by atoms with van der Waals surface area (Å²) < 4.78 is 1.98. The van der Waals surface area contributed by atoms with Crippen molar-refractivity contribution in [3.8, 4) is 0 Å². The van der Waals surface area contributed by atoms with Crippen LogP contribution in [0, 0.1) is 5.41 Å². The SMILES string of the molecule is CCc1nn(C)c(N2CCC3(CCCCC3)CC2)c1N. The third-order valence-electron chi connectivity index (χ3n) is 5.50. The first-order valence-electron chi connectivity index (χ1n) is 8.21. The van der Waals surface area contributed by atoms with Crippen molar-refractivity contribution < 1.29 is 0 Å². The molecule has 1 aliphatic heterocycles. The summed E-state index contributed by atoms with van der Waals surface area (Å²) in [5.74, 6) is 1.15. The molecule has 1 aromatic rings. The monoisotopic (exact) mass is 276 g/mol. The Morgan fingerprint density at radius 2 is 1.75 bits per heavy atom. The molecule has 0 atom stereocenters. The summed E-state index contributed by atoms with van der Waals surface area (Å²) in [5, 5.41) is 4.56. The van der Waals surface area contributed by atoms with Crippen LogP contribution in [0.5, 0.6) is 0 Å². The Kier molecular flexibility index (Phi) is 3.65. The number of nitrogens with zero attached hydrogens (tertiary/aromatic N) is 3. The van der Waals surface area contributed by atoms with E-state index in [4.69, 9.17) is 5.73 Å². The summed E-state index contributed by atoms with van der Waals surface area (Å²) in [6.07, 6.45) is 10.8. The van der Waals surface area contributed by atoms with E-state index in [-0.39, 0.29) is 0 Å². The van der Waals surface area contributed by atoms with Crippen LogP contribution < -0.4 is 10.6 Å². The zero-order valence-corrected chi connectivity index (χ0v) is 13.0. The highest BCUT2D eigenvalue weighted by Gasteiger charge is 2.36. The van der Waals surface area contributed by atoms with E-state index < -0.39 is 0 Å². The molecule has 4 nitrogen and oxygen atoms in total. The van der Waals surface area contributed by atoms with Crippen molar-refractivity contribution in [1.82, 2.24) is 9.78 Å². The third kappa shape index (κ3) is 2.29. The number of aryl methyl sites for hydroxylation is 2. The standard InChI is InChI=1S/C16H28N4/c1-3-13-14(17)15(19(2)18-13)20-11-9-16(10-12-20)7-5-4-6-8-16/h3-12,17H2,1-2H3. The lowest BCUT2D eigenvalue weighted by molar-refractivity contribution is 0.144. The molecule has 2 N–H and O–H groups in total. The highest BCUT2D eigenvalue weighted by Crippen LogP contribution is 2.45. The van der Waals surface area contributed by atoms with Gasteiger partial charge in [0.15, 0.2) is 0 Å². The van der Waals surface area contributed by atoms with Crippen LogP contribution in [0.25, 0.3) is 0 Å². The average molecular weight is 276 g/mol. The highest BCUT2D eigenvalue weighted by atomic mass is 15.4.